The molecule has 2 rings (SSSR count). The number of ketones is 1. The van der Waals surface area contributed by atoms with Crippen molar-refractivity contribution in [3.8, 4) is 0 Å². The molecule has 0 spiro atoms. The van der Waals surface area contributed by atoms with Gasteiger partial charge in [0.1, 0.15) is 11.5 Å². The number of carbonyl (C=O) groups is 1. The van der Waals surface area contributed by atoms with E-state index in [1.54, 1.807) is 18.2 Å². The van der Waals surface area contributed by atoms with Crippen molar-refractivity contribution in [2.45, 2.75) is 6.42 Å². The van der Waals surface area contributed by atoms with Crippen LogP contribution in [0.4, 0.5) is 4.39 Å². The molecule has 80 valence electrons. The zero-order valence-electron chi connectivity index (χ0n) is 8.43. The van der Waals surface area contributed by atoms with E-state index in [9.17, 15) is 9.18 Å². The van der Waals surface area contributed by atoms with Gasteiger partial charge in [-0.2, -0.15) is 0 Å². The molecule has 1 heterocycles. The molecule has 0 aliphatic carbocycles. The van der Waals surface area contributed by atoms with Crippen LogP contribution in [-0.4, -0.2) is 15.8 Å². The van der Waals surface area contributed by atoms with Gasteiger partial charge in [-0.25, -0.2) is 9.37 Å². The van der Waals surface area contributed by atoms with Gasteiger partial charge in [-0.3, -0.25) is 9.78 Å². The molecule has 0 saturated carbocycles. The Balaban J connectivity index is 2.18. The minimum Gasteiger partial charge on any atom is -0.292 e. The van der Waals surface area contributed by atoms with Crippen LogP contribution in [-0.2, 0) is 6.42 Å². The van der Waals surface area contributed by atoms with Crippen LogP contribution < -0.4 is 0 Å². The SMILES string of the molecule is O=C(Cc1ccccc1F)c1cnccn1. The van der Waals surface area contributed by atoms with Crippen LogP contribution in [0, 0.1) is 5.82 Å². The molecule has 0 radical (unpaired) electrons. The van der Waals surface area contributed by atoms with E-state index in [1.807, 2.05) is 0 Å². The largest absolute Gasteiger partial charge is 0.292 e. The lowest BCUT2D eigenvalue weighted by Gasteiger charge is -2.01. The molecular weight excluding hydrogens is 207 g/mol. The van der Waals surface area contributed by atoms with Crippen molar-refractivity contribution in [3.63, 3.8) is 0 Å². The molecule has 1 aromatic carbocycles. The van der Waals surface area contributed by atoms with E-state index in [1.165, 1.54) is 24.7 Å². The van der Waals surface area contributed by atoms with E-state index in [0.29, 0.717) is 5.56 Å². The summed E-state index contributed by atoms with van der Waals surface area (Å²) >= 11 is 0. The molecule has 4 heteroatoms. The van der Waals surface area contributed by atoms with E-state index in [4.69, 9.17) is 0 Å². The lowest BCUT2D eigenvalue weighted by atomic mass is 10.1. The minimum atomic E-state index is -0.375. The topological polar surface area (TPSA) is 42.9 Å². The number of benzene rings is 1. The van der Waals surface area contributed by atoms with Gasteiger partial charge in [0.2, 0.25) is 0 Å². The Bertz CT molecular complexity index is 499. The number of nitrogens with zero attached hydrogens (tertiary/aromatic N) is 2. The van der Waals surface area contributed by atoms with Gasteiger partial charge >= 0.3 is 0 Å². The maximum atomic E-state index is 13.3. The number of Topliss-reactive ketones (excluding diaryl/α,β-unsaturated/α-hetero) is 1. The predicted octanol–water partition coefficient (Wildman–Crippen LogP) is 2.04. The maximum Gasteiger partial charge on any atom is 0.187 e. The Morgan fingerprint density at radius 3 is 2.75 bits per heavy atom. The summed E-state index contributed by atoms with van der Waals surface area (Å²) < 4.78 is 13.3. The molecule has 2 aromatic rings. The number of halogens is 1. The highest BCUT2D eigenvalue weighted by atomic mass is 19.1. The van der Waals surface area contributed by atoms with E-state index in [2.05, 4.69) is 9.97 Å². The number of carbonyl (C=O) groups excluding carboxylic acids is 1. The van der Waals surface area contributed by atoms with Crippen LogP contribution in [0.1, 0.15) is 16.1 Å². The monoisotopic (exact) mass is 216 g/mol. The smallest absolute Gasteiger partial charge is 0.187 e. The number of hydrogen-bond donors (Lipinski definition) is 0. The van der Waals surface area contributed by atoms with Gasteiger partial charge in [0.15, 0.2) is 5.78 Å². The van der Waals surface area contributed by atoms with Gasteiger partial charge in [-0.15, -0.1) is 0 Å². The van der Waals surface area contributed by atoms with Crippen molar-refractivity contribution in [2.24, 2.45) is 0 Å². The fourth-order valence-corrected chi connectivity index (χ4v) is 1.35. The van der Waals surface area contributed by atoms with Gasteiger partial charge in [-0.1, -0.05) is 18.2 Å². The molecule has 0 N–H and O–H groups in total. The minimum absolute atomic E-state index is 0.00532. The third kappa shape index (κ3) is 2.28. The molecule has 0 aliphatic heterocycles. The average Bonchev–Trinajstić information content (AvgIpc) is 2.33. The zero-order chi connectivity index (χ0) is 11.4. The van der Waals surface area contributed by atoms with Crippen molar-refractivity contribution >= 4 is 5.78 Å². The quantitative estimate of drug-likeness (QED) is 0.737. The molecule has 16 heavy (non-hydrogen) atoms. The summed E-state index contributed by atoms with van der Waals surface area (Å²) in [5.74, 6) is -0.613. The Morgan fingerprint density at radius 2 is 2.06 bits per heavy atom. The molecule has 1 aromatic heterocycles. The summed E-state index contributed by atoms with van der Waals surface area (Å²) in [5.41, 5.74) is 0.629. The first kappa shape index (κ1) is 10.4. The lowest BCUT2D eigenvalue weighted by molar-refractivity contribution is 0.0986. The van der Waals surface area contributed by atoms with E-state index in [-0.39, 0.29) is 23.7 Å². The second-order valence-corrected chi connectivity index (χ2v) is 3.28. The van der Waals surface area contributed by atoms with E-state index in [0.717, 1.165) is 0 Å². The summed E-state index contributed by atoms with van der Waals surface area (Å²) in [7, 11) is 0. The Morgan fingerprint density at radius 1 is 1.25 bits per heavy atom. The predicted molar refractivity (Wildman–Crippen MR) is 56.5 cm³/mol. The van der Waals surface area contributed by atoms with Gasteiger partial charge < -0.3 is 0 Å². The molecule has 0 fully saturated rings. The van der Waals surface area contributed by atoms with Crippen LogP contribution >= 0.6 is 0 Å². The summed E-state index contributed by atoms with van der Waals surface area (Å²) in [6, 6.07) is 6.21. The third-order valence-electron chi connectivity index (χ3n) is 2.16. The standard InChI is InChI=1S/C12H9FN2O/c13-10-4-2-1-3-9(10)7-12(16)11-8-14-5-6-15-11/h1-6,8H,7H2. The van der Waals surface area contributed by atoms with Crippen LogP contribution in [0.15, 0.2) is 42.9 Å². The van der Waals surface area contributed by atoms with E-state index >= 15 is 0 Å². The second kappa shape index (κ2) is 4.61. The first-order valence-electron chi connectivity index (χ1n) is 4.80. The van der Waals surface area contributed by atoms with E-state index < -0.39 is 0 Å². The zero-order valence-corrected chi connectivity index (χ0v) is 8.43. The van der Waals surface area contributed by atoms with Crippen molar-refractivity contribution in [1.29, 1.82) is 0 Å². The maximum absolute atomic E-state index is 13.3. The summed E-state index contributed by atoms with van der Waals surface area (Å²) in [4.78, 5) is 19.4. The summed E-state index contributed by atoms with van der Waals surface area (Å²) in [6.07, 6.45) is 4.31. The molecule has 3 nitrogen and oxygen atoms in total. The van der Waals surface area contributed by atoms with Crippen LogP contribution in [0.25, 0.3) is 0 Å². The van der Waals surface area contributed by atoms with Crippen molar-refractivity contribution in [1.82, 2.24) is 9.97 Å². The molecule has 0 bridgehead atoms. The molecule has 0 unspecified atom stereocenters. The molecule has 0 atom stereocenters. The highest BCUT2D eigenvalue weighted by Gasteiger charge is 2.10. The van der Waals surface area contributed by atoms with Gasteiger partial charge in [-0.05, 0) is 11.6 Å². The first-order valence-corrected chi connectivity index (χ1v) is 4.80. The Hall–Kier alpha value is -2.10. The Labute approximate surface area is 92.0 Å². The Kier molecular flexibility index (Phi) is 3.00. The third-order valence-corrected chi connectivity index (χ3v) is 2.16. The second-order valence-electron chi connectivity index (χ2n) is 3.28. The lowest BCUT2D eigenvalue weighted by Crippen LogP contribution is -2.07. The highest BCUT2D eigenvalue weighted by molar-refractivity contribution is 5.95. The molecule has 0 saturated heterocycles. The normalized spacial score (nSPS) is 10.1. The van der Waals surface area contributed by atoms with Crippen molar-refractivity contribution in [3.05, 3.63) is 59.9 Å². The van der Waals surface area contributed by atoms with Crippen LogP contribution in [0.2, 0.25) is 0 Å². The van der Waals surface area contributed by atoms with Crippen LogP contribution in [0.3, 0.4) is 0 Å². The fraction of sp³-hybridized carbons (Fsp3) is 0.0833. The van der Waals surface area contributed by atoms with Gasteiger partial charge in [0.05, 0.1) is 6.20 Å². The summed E-state index contributed by atoms with van der Waals surface area (Å²) in [6.45, 7) is 0. The highest BCUT2D eigenvalue weighted by Crippen LogP contribution is 2.09. The molecule has 0 amide bonds. The van der Waals surface area contributed by atoms with Crippen molar-refractivity contribution < 1.29 is 9.18 Å². The first-order chi connectivity index (χ1) is 7.77. The molecule has 0 aliphatic rings. The molecular formula is C12H9FN2O. The van der Waals surface area contributed by atoms with Crippen LogP contribution in [0.5, 0.6) is 0 Å². The average molecular weight is 216 g/mol. The van der Waals surface area contributed by atoms with Crippen molar-refractivity contribution in [2.75, 3.05) is 0 Å². The fourth-order valence-electron chi connectivity index (χ4n) is 1.35. The number of rotatable bonds is 3. The number of hydrogen-bond acceptors (Lipinski definition) is 3. The summed E-state index contributed by atoms with van der Waals surface area (Å²) in [5, 5.41) is 0. The number of aromatic nitrogens is 2. The van der Waals surface area contributed by atoms with Gasteiger partial charge in [0.25, 0.3) is 0 Å². The van der Waals surface area contributed by atoms with Gasteiger partial charge in [0, 0.05) is 18.8 Å².